The number of alkyl halides is 3. The first kappa shape index (κ1) is 15.8. The summed E-state index contributed by atoms with van der Waals surface area (Å²) in [6.45, 7) is 2.05. The monoisotopic (exact) mass is 364 g/mol. The van der Waals surface area contributed by atoms with Crippen molar-refractivity contribution >= 4 is 20.6 Å². The van der Waals surface area contributed by atoms with Gasteiger partial charge in [0.05, 0.1) is 10.5 Å². The standard InChI is InChI=1S/C15H16F3S.BrH/c1-2-3-10-4-5-12-9-14(11-6-7-11)19(13(12)8-10)15(16,17)18;/h4-5,8-9,11H,2-3,6-7H2,1H3;1H/q+1;/p-1. The Morgan fingerprint density at radius 2 is 1.90 bits per heavy atom. The van der Waals surface area contributed by atoms with E-state index in [0.29, 0.717) is 9.58 Å². The van der Waals surface area contributed by atoms with Gasteiger partial charge in [-0.05, 0) is 30.9 Å². The summed E-state index contributed by atoms with van der Waals surface area (Å²) < 4.78 is 40.6. The van der Waals surface area contributed by atoms with Crippen LogP contribution in [0.1, 0.15) is 42.5 Å². The van der Waals surface area contributed by atoms with E-state index in [1.54, 1.807) is 12.1 Å². The minimum atomic E-state index is -4.13. The van der Waals surface area contributed by atoms with Gasteiger partial charge in [-0.25, -0.2) is 0 Å². The summed E-state index contributed by atoms with van der Waals surface area (Å²) in [5.41, 5.74) is -3.11. The highest BCUT2D eigenvalue weighted by Gasteiger charge is 2.51. The Labute approximate surface area is 129 Å². The van der Waals surface area contributed by atoms with Crippen LogP contribution in [0.4, 0.5) is 13.2 Å². The third-order valence-electron chi connectivity index (χ3n) is 3.58. The van der Waals surface area contributed by atoms with Crippen LogP contribution in [0.3, 0.4) is 0 Å². The van der Waals surface area contributed by atoms with E-state index in [-0.39, 0.29) is 22.9 Å². The normalized spacial score (nSPS) is 16.3. The Kier molecular flexibility index (Phi) is 4.50. The Morgan fingerprint density at radius 3 is 2.45 bits per heavy atom. The van der Waals surface area contributed by atoms with Crippen molar-refractivity contribution in [3.63, 3.8) is 0 Å². The number of thiophene rings is 1. The maximum atomic E-state index is 13.4. The second-order valence-electron chi connectivity index (χ2n) is 5.20. The topological polar surface area (TPSA) is 0 Å². The minimum Gasteiger partial charge on any atom is -1.00 e. The number of aryl methyl sites for hydroxylation is 1. The Balaban J connectivity index is 0.00000147. The zero-order valence-corrected chi connectivity index (χ0v) is 13.5. The van der Waals surface area contributed by atoms with Gasteiger partial charge in [-0.3, -0.25) is 0 Å². The molecule has 0 N–H and O–H groups in total. The summed E-state index contributed by atoms with van der Waals surface area (Å²) in [5, 5.41) is 0.780. The van der Waals surface area contributed by atoms with E-state index in [2.05, 4.69) is 0 Å². The summed E-state index contributed by atoms with van der Waals surface area (Å²) in [7, 11) is -1.68. The third kappa shape index (κ3) is 2.89. The zero-order valence-electron chi connectivity index (χ0n) is 11.1. The molecule has 1 aliphatic rings. The predicted molar refractivity (Wildman–Crippen MR) is 73.7 cm³/mol. The van der Waals surface area contributed by atoms with Gasteiger partial charge in [0.2, 0.25) is 0 Å². The van der Waals surface area contributed by atoms with Gasteiger partial charge < -0.3 is 17.0 Å². The van der Waals surface area contributed by atoms with Crippen molar-refractivity contribution in [2.75, 3.05) is 0 Å². The second-order valence-corrected chi connectivity index (χ2v) is 7.18. The molecule has 0 aliphatic heterocycles. The predicted octanol–water partition coefficient (Wildman–Crippen LogP) is 2.90. The molecule has 20 heavy (non-hydrogen) atoms. The minimum absolute atomic E-state index is 0. The van der Waals surface area contributed by atoms with Gasteiger partial charge in [-0.15, -0.1) is 13.2 Å². The SMILES string of the molecule is CCCc1ccc2cc(C3CC3)[s+](C(F)(F)F)c2c1.[Br-]. The van der Waals surface area contributed by atoms with Gasteiger partial charge in [0.1, 0.15) is 0 Å². The average Bonchev–Trinajstić information content (AvgIpc) is 3.09. The van der Waals surface area contributed by atoms with Crippen LogP contribution in [0.2, 0.25) is 0 Å². The van der Waals surface area contributed by atoms with E-state index in [4.69, 9.17) is 0 Å². The molecular weight excluding hydrogens is 349 g/mol. The molecule has 1 aliphatic carbocycles. The van der Waals surface area contributed by atoms with Crippen LogP contribution in [0.5, 0.6) is 0 Å². The molecule has 3 rings (SSSR count). The molecule has 110 valence electrons. The van der Waals surface area contributed by atoms with Crippen molar-refractivity contribution in [3.05, 3.63) is 34.7 Å². The average molecular weight is 365 g/mol. The number of halogens is 4. The Bertz CT molecular complexity index is 611. The summed E-state index contributed by atoms with van der Waals surface area (Å²) >= 11 is 0. The lowest BCUT2D eigenvalue weighted by Gasteiger charge is -2.00. The van der Waals surface area contributed by atoms with Crippen molar-refractivity contribution in [1.29, 1.82) is 0 Å². The van der Waals surface area contributed by atoms with Crippen molar-refractivity contribution in [2.24, 2.45) is 0 Å². The Hall–Kier alpha value is -0.550. The molecule has 2 aromatic rings. The first-order valence-corrected chi connectivity index (χ1v) is 7.89. The maximum Gasteiger partial charge on any atom is 0.600 e. The van der Waals surface area contributed by atoms with Gasteiger partial charge in [-0.2, -0.15) is 0 Å². The Morgan fingerprint density at radius 1 is 1.20 bits per heavy atom. The highest BCUT2D eigenvalue weighted by atomic mass is 79.9. The summed E-state index contributed by atoms with van der Waals surface area (Å²) in [4.78, 5) is 0.621. The smallest absolute Gasteiger partial charge is 0.600 e. The van der Waals surface area contributed by atoms with Crippen LogP contribution in [0.25, 0.3) is 10.1 Å². The molecule has 1 atom stereocenters. The van der Waals surface area contributed by atoms with E-state index >= 15 is 0 Å². The van der Waals surface area contributed by atoms with Crippen LogP contribution < -0.4 is 17.0 Å². The fourth-order valence-corrected chi connectivity index (χ4v) is 4.79. The molecule has 1 unspecified atom stereocenters. The molecule has 0 amide bonds. The van der Waals surface area contributed by atoms with Crippen molar-refractivity contribution in [3.8, 4) is 0 Å². The van der Waals surface area contributed by atoms with Crippen LogP contribution in [0.15, 0.2) is 24.3 Å². The highest BCUT2D eigenvalue weighted by molar-refractivity contribution is 7.38. The molecule has 1 aromatic carbocycles. The van der Waals surface area contributed by atoms with Crippen LogP contribution in [0, 0.1) is 0 Å². The van der Waals surface area contributed by atoms with Crippen molar-refractivity contribution < 1.29 is 30.2 Å². The van der Waals surface area contributed by atoms with Crippen molar-refractivity contribution in [2.45, 2.75) is 44.0 Å². The van der Waals surface area contributed by atoms with E-state index in [9.17, 15) is 13.2 Å². The fourth-order valence-electron chi connectivity index (χ4n) is 2.57. The largest absolute Gasteiger partial charge is 1.00 e. The molecule has 0 bridgehead atoms. The number of hydrogen-bond acceptors (Lipinski definition) is 0. The lowest BCUT2D eigenvalue weighted by molar-refractivity contribution is -0.0867. The van der Waals surface area contributed by atoms with Crippen LogP contribution >= 0.6 is 10.5 Å². The van der Waals surface area contributed by atoms with Gasteiger partial charge >= 0.3 is 5.51 Å². The van der Waals surface area contributed by atoms with Crippen molar-refractivity contribution in [1.82, 2.24) is 0 Å². The van der Waals surface area contributed by atoms with Crippen LogP contribution in [-0.4, -0.2) is 0 Å². The van der Waals surface area contributed by atoms with E-state index < -0.39 is 16.0 Å². The second kappa shape index (κ2) is 5.68. The summed E-state index contributed by atoms with van der Waals surface area (Å²) in [6.07, 6.45) is 3.64. The molecule has 1 aromatic heterocycles. The summed E-state index contributed by atoms with van der Waals surface area (Å²) in [5.74, 6) is 0.173. The molecule has 5 heteroatoms. The molecule has 0 spiro atoms. The number of rotatable bonds is 3. The molecule has 0 nitrogen and oxygen atoms in total. The molecule has 1 fully saturated rings. The van der Waals surface area contributed by atoms with Crippen LogP contribution in [-0.2, 0) is 11.9 Å². The number of benzene rings is 1. The molecule has 0 radical (unpaired) electrons. The van der Waals surface area contributed by atoms with Gasteiger partial charge in [0, 0.05) is 23.4 Å². The van der Waals surface area contributed by atoms with Gasteiger partial charge in [-0.1, -0.05) is 19.4 Å². The molecule has 1 heterocycles. The molecular formula is C15H16BrF3S. The van der Waals surface area contributed by atoms with Gasteiger partial charge in [0.15, 0.2) is 9.58 Å². The molecule has 1 saturated carbocycles. The van der Waals surface area contributed by atoms with Gasteiger partial charge in [0.25, 0.3) is 0 Å². The fraction of sp³-hybridized carbons (Fsp3) is 0.467. The molecule has 0 saturated heterocycles. The van der Waals surface area contributed by atoms with E-state index in [1.165, 1.54) is 0 Å². The lowest BCUT2D eigenvalue weighted by atomic mass is 10.1. The van der Waals surface area contributed by atoms with E-state index in [1.807, 2.05) is 19.1 Å². The quantitative estimate of drug-likeness (QED) is 0.734. The maximum absolute atomic E-state index is 13.4. The summed E-state index contributed by atoms with van der Waals surface area (Å²) in [6, 6.07) is 7.40. The number of hydrogen-bond donors (Lipinski definition) is 0. The highest BCUT2D eigenvalue weighted by Crippen LogP contribution is 2.57. The first-order chi connectivity index (χ1) is 9.00. The number of fused-ring (bicyclic) bond motifs is 1. The first-order valence-electron chi connectivity index (χ1n) is 6.66. The zero-order chi connectivity index (χ0) is 13.6. The lowest BCUT2D eigenvalue weighted by Crippen LogP contribution is -3.00. The van der Waals surface area contributed by atoms with E-state index in [0.717, 1.165) is 36.6 Å². The third-order valence-corrected chi connectivity index (χ3v) is 5.76.